The predicted molar refractivity (Wildman–Crippen MR) is 217 cm³/mol. The Morgan fingerprint density at radius 1 is 0.529 bits per heavy atom. The van der Waals surface area contributed by atoms with Crippen LogP contribution >= 0.6 is 0 Å². The quantitative estimate of drug-likeness (QED) is 0.0380. The molecule has 51 heavy (non-hydrogen) atoms. The predicted octanol–water partition coefficient (Wildman–Crippen LogP) is 12.8. The van der Waals surface area contributed by atoms with Gasteiger partial charge >= 0.3 is 11.9 Å². The molecule has 292 valence electrons. The van der Waals surface area contributed by atoms with E-state index in [1.165, 1.54) is 83.5 Å². The van der Waals surface area contributed by atoms with Crippen molar-refractivity contribution >= 4 is 17.8 Å². The Morgan fingerprint density at radius 2 is 0.922 bits per heavy atom. The second-order valence-electron chi connectivity index (χ2n) is 13.9. The van der Waals surface area contributed by atoms with Crippen molar-refractivity contribution in [2.45, 2.75) is 200 Å². The van der Waals surface area contributed by atoms with Gasteiger partial charge in [0, 0.05) is 6.42 Å². The third kappa shape index (κ3) is 39.7. The molecule has 0 aromatic rings. The minimum absolute atomic E-state index is 0.0284. The number of carbonyl (C=O) groups excluding carboxylic acids is 2. The third-order valence-electron chi connectivity index (χ3n) is 8.99. The van der Waals surface area contributed by atoms with Crippen molar-refractivity contribution in [3.63, 3.8) is 0 Å². The molecule has 0 aliphatic rings. The van der Waals surface area contributed by atoms with Crippen LogP contribution < -0.4 is 5.32 Å². The second kappa shape index (κ2) is 39.9. The maximum absolute atomic E-state index is 12.7. The normalized spacial score (nSPS) is 12.7. The van der Waals surface area contributed by atoms with Gasteiger partial charge in [0.25, 0.3) is 0 Å². The van der Waals surface area contributed by atoms with E-state index in [2.05, 4.69) is 67.8 Å². The first-order valence-electron chi connectivity index (χ1n) is 20.9. The number of ether oxygens (including phenoxy) is 1. The van der Waals surface area contributed by atoms with Gasteiger partial charge in [-0.1, -0.05) is 177 Å². The Balaban J connectivity index is 4.33. The Labute approximate surface area is 313 Å². The fourth-order valence-electron chi connectivity index (χ4n) is 5.94. The van der Waals surface area contributed by atoms with E-state index in [0.29, 0.717) is 12.8 Å². The zero-order chi connectivity index (χ0) is 37.3. The first kappa shape index (κ1) is 48.1. The molecule has 0 saturated carbocycles. The molecule has 1 atom stereocenters. The van der Waals surface area contributed by atoms with Crippen LogP contribution in [0.15, 0.2) is 60.8 Å². The summed E-state index contributed by atoms with van der Waals surface area (Å²) < 4.78 is 5.96. The van der Waals surface area contributed by atoms with Gasteiger partial charge in [-0.25, -0.2) is 0 Å². The smallest absolute Gasteiger partial charge is 0.322 e. The molecule has 6 nitrogen and oxygen atoms in total. The van der Waals surface area contributed by atoms with Gasteiger partial charge in [0.1, 0.15) is 12.6 Å². The van der Waals surface area contributed by atoms with E-state index in [-0.39, 0.29) is 24.5 Å². The SMILES string of the molecule is CC/C=C\C/C=C\C/C=C\C/C=C\C/C=C\CC(=O)OC(CCCCCCCCCCCCCCCC)CCCCCCCC(=O)NCC(=O)O. The molecule has 0 radical (unpaired) electrons. The third-order valence-corrected chi connectivity index (χ3v) is 8.99. The molecule has 2 N–H and O–H groups in total. The van der Waals surface area contributed by atoms with E-state index in [1.807, 2.05) is 12.2 Å². The van der Waals surface area contributed by atoms with Crippen molar-refractivity contribution in [3.05, 3.63) is 60.8 Å². The van der Waals surface area contributed by atoms with Gasteiger partial charge in [0.15, 0.2) is 0 Å². The molecule has 0 aliphatic heterocycles. The summed E-state index contributed by atoms with van der Waals surface area (Å²) in [7, 11) is 0. The number of rotatable bonds is 37. The van der Waals surface area contributed by atoms with E-state index in [1.54, 1.807) is 0 Å². The van der Waals surface area contributed by atoms with Gasteiger partial charge in [-0.3, -0.25) is 14.4 Å². The molecule has 0 saturated heterocycles. The average Bonchev–Trinajstić information content (AvgIpc) is 3.11. The molecule has 0 aliphatic carbocycles. The van der Waals surface area contributed by atoms with Crippen LogP contribution in [-0.4, -0.2) is 35.6 Å². The lowest BCUT2D eigenvalue weighted by Crippen LogP contribution is -2.28. The summed E-state index contributed by atoms with van der Waals surface area (Å²) >= 11 is 0. The maximum Gasteiger partial charge on any atom is 0.322 e. The van der Waals surface area contributed by atoms with Crippen LogP contribution in [0, 0.1) is 0 Å². The molecule has 0 heterocycles. The number of esters is 1. The van der Waals surface area contributed by atoms with Gasteiger partial charge in [-0.2, -0.15) is 0 Å². The van der Waals surface area contributed by atoms with Gasteiger partial charge in [-0.05, 0) is 64.2 Å². The minimum atomic E-state index is -1.02. The molecule has 0 aromatic carbocycles. The number of hydrogen-bond donors (Lipinski definition) is 2. The van der Waals surface area contributed by atoms with Gasteiger partial charge < -0.3 is 15.2 Å². The molecule has 0 bridgehead atoms. The van der Waals surface area contributed by atoms with Crippen LogP contribution in [0.4, 0.5) is 0 Å². The van der Waals surface area contributed by atoms with Crippen molar-refractivity contribution in [1.29, 1.82) is 0 Å². The Kier molecular flexibility index (Phi) is 37.6. The summed E-state index contributed by atoms with van der Waals surface area (Å²) in [6.45, 7) is 4.10. The maximum atomic E-state index is 12.7. The standard InChI is InChI=1S/C45H77NO5/c1-3-5-7-9-11-13-15-17-19-21-23-25-27-32-36-40-45(50)51-42(38-34-30-28-31-35-39-43(47)46-41-44(48)49)37-33-29-26-24-22-20-18-16-14-12-10-8-6-4-2/h5,7,11,13,17,19,23,25,32,36,42H,3-4,6,8-10,12,14-16,18,20-22,24,26-31,33-35,37-41H2,1-2H3,(H,46,47)(H,48,49)/b7-5-,13-11-,19-17-,25-23-,36-32-. The number of amides is 1. The highest BCUT2D eigenvalue weighted by Crippen LogP contribution is 2.18. The summed E-state index contributed by atoms with van der Waals surface area (Å²) in [6, 6.07) is 0. The Bertz CT molecular complexity index is 964. The van der Waals surface area contributed by atoms with Crippen LogP contribution in [0.2, 0.25) is 0 Å². The summed E-state index contributed by atoms with van der Waals surface area (Å²) in [6.07, 6.45) is 52.1. The fourth-order valence-corrected chi connectivity index (χ4v) is 5.94. The van der Waals surface area contributed by atoms with E-state index in [0.717, 1.165) is 83.5 Å². The van der Waals surface area contributed by atoms with Gasteiger partial charge in [-0.15, -0.1) is 0 Å². The minimum Gasteiger partial charge on any atom is -0.480 e. The number of unbranched alkanes of at least 4 members (excludes halogenated alkanes) is 17. The van der Waals surface area contributed by atoms with Crippen molar-refractivity contribution < 1.29 is 24.2 Å². The van der Waals surface area contributed by atoms with Crippen molar-refractivity contribution in [2.75, 3.05) is 6.54 Å². The molecule has 0 aromatic heterocycles. The van der Waals surface area contributed by atoms with Crippen LogP contribution in [0.1, 0.15) is 194 Å². The summed E-state index contributed by atoms with van der Waals surface area (Å²) in [4.78, 5) is 35.0. The Hall–Kier alpha value is -2.89. The highest BCUT2D eigenvalue weighted by atomic mass is 16.5. The number of allylic oxidation sites excluding steroid dienone is 9. The first-order chi connectivity index (χ1) is 25.0. The number of carbonyl (C=O) groups is 3. The summed E-state index contributed by atoms with van der Waals surface area (Å²) in [5.41, 5.74) is 0. The lowest BCUT2D eigenvalue weighted by molar-refractivity contribution is -0.148. The highest BCUT2D eigenvalue weighted by Gasteiger charge is 2.13. The van der Waals surface area contributed by atoms with E-state index in [4.69, 9.17) is 9.84 Å². The first-order valence-corrected chi connectivity index (χ1v) is 20.9. The average molecular weight is 712 g/mol. The number of hydrogen-bond acceptors (Lipinski definition) is 4. The van der Waals surface area contributed by atoms with Crippen LogP contribution in [0.3, 0.4) is 0 Å². The summed E-state index contributed by atoms with van der Waals surface area (Å²) in [5, 5.41) is 11.1. The number of carboxylic acids is 1. The number of aliphatic carboxylic acids is 1. The monoisotopic (exact) mass is 712 g/mol. The highest BCUT2D eigenvalue weighted by molar-refractivity contribution is 5.80. The molecule has 0 rings (SSSR count). The van der Waals surface area contributed by atoms with Crippen molar-refractivity contribution in [1.82, 2.24) is 5.32 Å². The van der Waals surface area contributed by atoms with Crippen LogP contribution in [0.25, 0.3) is 0 Å². The topological polar surface area (TPSA) is 92.7 Å². The lowest BCUT2D eigenvalue weighted by Gasteiger charge is -2.18. The molecular formula is C45H77NO5. The zero-order valence-electron chi connectivity index (χ0n) is 32.9. The van der Waals surface area contributed by atoms with E-state index < -0.39 is 5.97 Å². The molecule has 1 amide bonds. The van der Waals surface area contributed by atoms with E-state index >= 15 is 0 Å². The van der Waals surface area contributed by atoms with Crippen molar-refractivity contribution in [2.24, 2.45) is 0 Å². The fraction of sp³-hybridized carbons (Fsp3) is 0.711. The van der Waals surface area contributed by atoms with Crippen LogP contribution in [0.5, 0.6) is 0 Å². The second-order valence-corrected chi connectivity index (χ2v) is 13.9. The zero-order valence-corrected chi connectivity index (χ0v) is 32.9. The number of carboxylic acid groups (broad SMARTS) is 1. The molecule has 6 heteroatoms. The molecular weight excluding hydrogens is 634 g/mol. The molecule has 0 spiro atoms. The van der Waals surface area contributed by atoms with Gasteiger partial charge in [0.05, 0.1) is 6.42 Å². The van der Waals surface area contributed by atoms with Crippen molar-refractivity contribution in [3.8, 4) is 0 Å². The largest absolute Gasteiger partial charge is 0.480 e. The lowest BCUT2D eigenvalue weighted by atomic mass is 10.0. The van der Waals surface area contributed by atoms with Gasteiger partial charge in [0.2, 0.25) is 5.91 Å². The Morgan fingerprint density at radius 3 is 1.35 bits per heavy atom. The molecule has 1 unspecified atom stereocenters. The van der Waals surface area contributed by atoms with Crippen LogP contribution in [-0.2, 0) is 19.1 Å². The van der Waals surface area contributed by atoms with E-state index in [9.17, 15) is 14.4 Å². The number of nitrogens with one attached hydrogen (secondary N) is 1. The summed E-state index contributed by atoms with van der Waals surface area (Å²) in [5.74, 6) is -1.37. The molecule has 0 fully saturated rings.